The highest BCUT2D eigenvalue weighted by Crippen LogP contribution is 2.30. The Labute approximate surface area is 210 Å². The second-order valence-corrected chi connectivity index (χ2v) is 10.8. The number of ether oxygens (including phenoxy) is 1. The van der Waals surface area contributed by atoms with Gasteiger partial charge in [-0.15, -0.1) is 4.40 Å². The van der Waals surface area contributed by atoms with Crippen LogP contribution in [0.5, 0.6) is 11.5 Å². The first-order valence-electron chi connectivity index (χ1n) is 11.8. The van der Waals surface area contributed by atoms with E-state index in [0.29, 0.717) is 42.1 Å². The highest BCUT2D eigenvalue weighted by Gasteiger charge is 2.28. The lowest BCUT2D eigenvalue weighted by Crippen LogP contribution is -2.41. The minimum Gasteiger partial charge on any atom is -0.508 e. The maximum atomic E-state index is 13.3. The van der Waals surface area contributed by atoms with Crippen LogP contribution in [0.4, 0.5) is 0 Å². The summed E-state index contributed by atoms with van der Waals surface area (Å²) in [5.74, 6) is 0.508. The Morgan fingerprint density at radius 3 is 2.64 bits per heavy atom. The van der Waals surface area contributed by atoms with Crippen LogP contribution in [0.15, 0.2) is 71.1 Å². The van der Waals surface area contributed by atoms with Crippen LogP contribution in [-0.4, -0.2) is 49.9 Å². The van der Waals surface area contributed by atoms with E-state index in [4.69, 9.17) is 10.5 Å². The number of carbonyl (C=O) groups excluding carboxylic acids is 1. The zero-order valence-corrected chi connectivity index (χ0v) is 20.4. The monoisotopic (exact) mass is 505 g/mol. The molecular formula is C27H27N3O5S. The van der Waals surface area contributed by atoms with Gasteiger partial charge in [0.1, 0.15) is 17.3 Å². The smallest absolute Gasteiger partial charge is 0.259 e. The normalized spacial score (nSPS) is 18.7. The number of nitrogens with two attached hydrogens (primary N) is 1. The molecule has 8 nitrogen and oxygen atoms in total. The van der Waals surface area contributed by atoms with Crippen molar-refractivity contribution in [1.29, 1.82) is 0 Å². The number of fused-ring (bicyclic) bond motifs is 1. The molecule has 0 bridgehead atoms. The lowest BCUT2D eigenvalue weighted by atomic mass is 9.97. The van der Waals surface area contributed by atoms with Crippen LogP contribution in [0, 0.1) is 5.92 Å². The van der Waals surface area contributed by atoms with Crippen molar-refractivity contribution in [3.8, 4) is 22.6 Å². The summed E-state index contributed by atoms with van der Waals surface area (Å²) < 4.78 is 33.6. The van der Waals surface area contributed by atoms with Gasteiger partial charge in [-0.05, 0) is 59.9 Å². The van der Waals surface area contributed by atoms with Crippen LogP contribution in [0.1, 0.15) is 34.3 Å². The number of sulfonamides is 1. The Morgan fingerprint density at radius 1 is 1.08 bits per heavy atom. The van der Waals surface area contributed by atoms with Crippen molar-refractivity contribution in [2.24, 2.45) is 16.0 Å². The number of hydrogen-bond acceptors (Lipinski definition) is 6. The lowest BCUT2D eigenvalue weighted by Gasteiger charge is -2.33. The average molecular weight is 506 g/mol. The third kappa shape index (κ3) is 5.06. The van der Waals surface area contributed by atoms with Crippen molar-refractivity contribution in [2.75, 3.05) is 19.7 Å². The van der Waals surface area contributed by atoms with Crippen molar-refractivity contribution in [1.82, 2.24) is 4.90 Å². The van der Waals surface area contributed by atoms with E-state index in [0.717, 1.165) is 24.0 Å². The van der Waals surface area contributed by atoms with Gasteiger partial charge >= 0.3 is 0 Å². The number of aromatic hydroxyl groups is 1. The summed E-state index contributed by atoms with van der Waals surface area (Å²) in [6.07, 6.45) is 1.78. The molecule has 1 amide bonds. The minimum atomic E-state index is -3.61. The number of amidine groups is 1. The van der Waals surface area contributed by atoms with E-state index in [2.05, 4.69) is 4.40 Å². The van der Waals surface area contributed by atoms with Crippen molar-refractivity contribution in [3.63, 3.8) is 0 Å². The third-order valence-electron chi connectivity index (χ3n) is 6.51. The molecule has 0 unspecified atom stereocenters. The average Bonchev–Trinajstić information content (AvgIpc) is 2.86. The fourth-order valence-corrected chi connectivity index (χ4v) is 5.91. The number of nitrogens with zero attached hydrogens (tertiary/aromatic N) is 2. The number of carbonyl (C=O) groups is 1. The molecule has 36 heavy (non-hydrogen) atoms. The molecule has 3 N–H and O–H groups in total. The standard InChI is InChI=1S/C27H27N3O5S/c28-26-25-22(17-36(33,34)29-26)9-3-11-24(25)35-16-18-5-4-12-30(15-18)27(32)21-8-1-6-19(13-21)20-7-2-10-23(31)14-20/h1-3,6-11,13-14,18,31H,4-5,12,15-17H2,(H2,28,29)/t18-/m0/s1. The molecule has 2 aliphatic heterocycles. The number of phenolic OH excluding ortho intramolecular Hbond substituents is 1. The first-order chi connectivity index (χ1) is 17.3. The van der Waals surface area contributed by atoms with Gasteiger partial charge in [0.15, 0.2) is 0 Å². The Balaban J connectivity index is 1.27. The molecule has 0 radical (unpaired) electrons. The number of benzene rings is 3. The first-order valence-corrected chi connectivity index (χ1v) is 13.4. The maximum Gasteiger partial charge on any atom is 0.259 e. The molecule has 2 aliphatic rings. The number of hydrogen-bond donors (Lipinski definition) is 2. The predicted molar refractivity (Wildman–Crippen MR) is 137 cm³/mol. The molecule has 5 rings (SSSR count). The van der Waals surface area contributed by atoms with Gasteiger partial charge < -0.3 is 20.5 Å². The molecule has 9 heteroatoms. The summed E-state index contributed by atoms with van der Waals surface area (Å²) in [6, 6.07) is 19.6. The van der Waals surface area contributed by atoms with Crippen molar-refractivity contribution in [2.45, 2.75) is 18.6 Å². The second kappa shape index (κ2) is 9.66. The molecule has 0 aromatic heterocycles. The van der Waals surface area contributed by atoms with Gasteiger partial charge in [-0.25, -0.2) is 8.42 Å². The summed E-state index contributed by atoms with van der Waals surface area (Å²) in [7, 11) is -3.61. The topological polar surface area (TPSA) is 122 Å². The summed E-state index contributed by atoms with van der Waals surface area (Å²) in [5.41, 5.74) is 9.35. The molecule has 186 valence electrons. The molecule has 2 heterocycles. The van der Waals surface area contributed by atoms with E-state index in [1.807, 2.05) is 29.2 Å². The fourth-order valence-electron chi connectivity index (χ4n) is 4.83. The van der Waals surface area contributed by atoms with Crippen molar-refractivity contribution < 1.29 is 23.1 Å². The molecule has 1 atom stereocenters. The van der Waals surface area contributed by atoms with E-state index in [1.165, 1.54) is 0 Å². The largest absolute Gasteiger partial charge is 0.508 e. The number of piperidine rings is 1. The van der Waals surface area contributed by atoms with Crippen LogP contribution < -0.4 is 10.5 Å². The summed E-state index contributed by atoms with van der Waals surface area (Å²) in [5, 5.41) is 9.79. The molecule has 1 saturated heterocycles. The molecular weight excluding hydrogens is 478 g/mol. The molecule has 3 aromatic rings. The number of likely N-dealkylation sites (tertiary alicyclic amines) is 1. The Morgan fingerprint density at radius 2 is 1.83 bits per heavy atom. The predicted octanol–water partition coefficient (Wildman–Crippen LogP) is 3.54. The molecule has 0 saturated carbocycles. The minimum absolute atomic E-state index is 0.0413. The highest BCUT2D eigenvalue weighted by atomic mass is 32.2. The van der Waals surface area contributed by atoms with Crippen LogP contribution in [0.2, 0.25) is 0 Å². The molecule has 0 spiro atoms. The van der Waals surface area contributed by atoms with Gasteiger partial charge in [0.2, 0.25) is 0 Å². The highest BCUT2D eigenvalue weighted by molar-refractivity contribution is 7.89. The maximum absolute atomic E-state index is 13.3. The van der Waals surface area contributed by atoms with Crippen LogP contribution in [-0.2, 0) is 15.8 Å². The van der Waals surface area contributed by atoms with Crippen molar-refractivity contribution >= 4 is 21.8 Å². The van der Waals surface area contributed by atoms with Gasteiger partial charge in [0.05, 0.1) is 17.9 Å². The third-order valence-corrected chi connectivity index (χ3v) is 7.66. The van der Waals surface area contributed by atoms with Gasteiger partial charge in [0.25, 0.3) is 15.9 Å². The Hall–Kier alpha value is -3.85. The number of amides is 1. The second-order valence-electron chi connectivity index (χ2n) is 9.19. The van der Waals surface area contributed by atoms with Gasteiger partial charge in [-0.1, -0.05) is 36.4 Å². The van der Waals surface area contributed by atoms with E-state index < -0.39 is 10.0 Å². The lowest BCUT2D eigenvalue weighted by molar-refractivity contribution is 0.0633. The molecule has 1 fully saturated rings. The van der Waals surface area contributed by atoms with Crippen LogP contribution >= 0.6 is 0 Å². The van der Waals surface area contributed by atoms with E-state index in [-0.39, 0.29) is 29.2 Å². The van der Waals surface area contributed by atoms with Gasteiger partial charge in [-0.3, -0.25) is 4.79 Å². The summed E-state index contributed by atoms with van der Waals surface area (Å²) in [4.78, 5) is 15.2. The zero-order chi connectivity index (χ0) is 25.3. The van der Waals surface area contributed by atoms with E-state index in [9.17, 15) is 18.3 Å². The fraction of sp³-hybridized carbons (Fsp3) is 0.259. The Bertz CT molecular complexity index is 1450. The summed E-state index contributed by atoms with van der Waals surface area (Å²) >= 11 is 0. The SMILES string of the molecule is NC1=NS(=O)(=O)Cc2cccc(OC[C@H]3CCCN(C(=O)c4cccc(-c5cccc(O)c5)c4)C3)c21. The number of rotatable bonds is 5. The zero-order valence-electron chi connectivity index (χ0n) is 19.6. The van der Waals surface area contributed by atoms with Crippen molar-refractivity contribution in [3.05, 3.63) is 83.4 Å². The quantitative estimate of drug-likeness (QED) is 0.547. The van der Waals surface area contributed by atoms with Crippen LogP contribution in [0.3, 0.4) is 0 Å². The van der Waals surface area contributed by atoms with Crippen LogP contribution in [0.25, 0.3) is 11.1 Å². The Kier molecular flexibility index (Phi) is 6.40. The first kappa shape index (κ1) is 23.9. The van der Waals surface area contributed by atoms with Gasteiger partial charge in [-0.2, -0.15) is 0 Å². The summed E-state index contributed by atoms with van der Waals surface area (Å²) in [6.45, 7) is 1.61. The van der Waals surface area contributed by atoms with E-state index in [1.54, 1.807) is 42.5 Å². The number of phenols is 1. The van der Waals surface area contributed by atoms with Gasteiger partial charge in [0, 0.05) is 24.6 Å². The molecule has 3 aromatic carbocycles. The molecule has 0 aliphatic carbocycles. The van der Waals surface area contributed by atoms with E-state index >= 15 is 0 Å².